The average Bonchev–Trinajstić information content (AvgIpc) is 2.66. The van der Waals surface area contributed by atoms with Crippen LogP contribution in [0.1, 0.15) is 39.2 Å². The van der Waals surface area contributed by atoms with Gasteiger partial charge < -0.3 is 20.4 Å². The van der Waals surface area contributed by atoms with Gasteiger partial charge in [0.05, 0.1) is 0 Å². The molecule has 0 saturated heterocycles. The Kier molecular flexibility index (Phi) is 14.6. The van der Waals surface area contributed by atoms with Crippen molar-refractivity contribution in [1.82, 2.24) is 15.5 Å². The minimum absolute atomic E-state index is 0. The van der Waals surface area contributed by atoms with Crippen molar-refractivity contribution in [3.8, 4) is 0 Å². The second-order valence-corrected chi connectivity index (χ2v) is 6.67. The first kappa shape index (κ1) is 26.5. The molecule has 0 radical (unpaired) electrons. The van der Waals surface area contributed by atoms with Crippen LogP contribution in [0.3, 0.4) is 0 Å². The lowest BCUT2D eigenvalue weighted by atomic mass is 10.1. The Labute approximate surface area is 188 Å². The summed E-state index contributed by atoms with van der Waals surface area (Å²) < 4.78 is 0. The molecule has 0 bridgehead atoms. The molecule has 0 spiro atoms. The highest BCUT2D eigenvalue weighted by molar-refractivity contribution is 14.0. The van der Waals surface area contributed by atoms with Gasteiger partial charge in [0.1, 0.15) is 0 Å². The molecule has 0 aliphatic heterocycles. The predicted octanol–water partition coefficient (Wildman–Crippen LogP) is 3.12. The van der Waals surface area contributed by atoms with Crippen LogP contribution in [0.25, 0.3) is 0 Å². The number of aliphatic imine (C=N–C) groups is 1. The first-order valence-electron chi connectivity index (χ1n) is 10.1. The standard InChI is InChI=1S/C21H37N5O.HI/c1-6-22-21(24-17-15-20(27)26(7-2)8-3)23-16-9-10-18-11-13-19(14-12-18)25(4)5;/h11-14H,6-10,15-17H2,1-5H3,(H2,22,23,24);1H. The molecule has 0 aliphatic rings. The first-order valence-corrected chi connectivity index (χ1v) is 10.1. The van der Waals surface area contributed by atoms with Gasteiger partial charge in [0, 0.05) is 58.9 Å². The number of hydrogen-bond acceptors (Lipinski definition) is 3. The average molecular weight is 503 g/mol. The molecule has 1 rings (SSSR count). The first-order chi connectivity index (χ1) is 13.0. The maximum Gasteiger partial charge on any atom is 0.224 e. The summed E-state index contributed by atoms with van der Waals surface area (Å²) in [7, 11) is 4.10. The number of halogens is 1. The van der Waals surface area contributed by atoms with Crippen LogP contribution in [0.15, 0.2) is 29.3 Å². The molecule has 0 atom stereocenters. The summed E-state index contributed by atoms with van der Waals surface area (Å²) in [6, 6.07) is 8.66. The van der Waals surface area contributed by atoms with E-state index in [2.05, 4.69) is 58.9 Å². The quantitative estimate of drug-likeness (QED) is 0.211. The van der Waals surface area contributed by atoms with Crippen molar-refractivity contribution in [2.24, 2.45) is 4.99 Å². The molecule has 28 heavy (non-hydrogen) atoms. The van der Waals surface area contributed by atoms with E-state index in [9.17, 15) is 4.79 Å². The Morgan fingerprint density at radius 1 is 1.04 bits per heavy atom. The van der Waals surface area contributed by atoms with Crippen LogP contribution >= 0.6 is 24.0 Å². The summed E-state index contributed by atoms with van der Waals surface area (Å²) in [5.41, 5.74) is 2.55. The van der Waals surface area contributed by atoms with Crippen molar-refractivity contribution < 1.29 is 4.79 Å². The zero-order valence-corrected chi connectivity index (χ0v) is 20.5. The van der Waals surface area contributed by atoms with Crippen molar-refractivity contribution in [3.05, 3.63) is 29.8 Å². The molecular weight excluding hydrogens is 465 g/mol. The maximum atomic E-state index is 12.1. The molecule has 2 N–H and O–H groups in total. The van der Waals surface area contributed by atoms with Crippen molar-refractivity contribution >= 4 is 41.5 Å². The van der Waals surface area contributed by atoms with Gasteiger partial charge in [-0.1, -0.05) is 12.1 Å². The van der Waals surface area contributed by atoms with Crippen molar-refractivity contribution in [2.45, 2.75) is 40.0 Å². The Balaban J connectivity index is 0.00000729. The van der Waals surface area contributed by atoms with Gasteiger partial charge in [0.2, 0.25) is 5.91 Å². The van der Waals surface area contributed by atoms with E-state index in [0.29, 0.717) is 13.0 Å². The minimum atomic E-state index is 0. The molecule has 1 aromatic carbocycles. The molecule has 1 amide bonds. The molecule has 0 aromatic heterocycles. The molecule has 7 heteroatoms. The number of carbonyl (C=O) groups excluding carboxylic acids is 1. The third-order valence-corrected chi connectivity index (χ3v) is 4.44. The third kappa shape index (κ3) is 10.1. The van der Waals surface area contributed by atoms with Crippen LogP contribution < -0.4 is 15.5 Å². The highest BCUT2D eigenvalue weighted by atomic mass is 127. The minimum Gasteiger partial charge on any atom is -0.378 e. The van der Waals surface area contributed by atoms with Crippen LogP contribution in [0.5, 0.6) is 0 Å². The second kappa shape index (κ2) is 15.4. The maximum absolute atomic E-state index is 12.1. The highest BCUT2D eigenvalue weighted by Gasteiger charge is 2.09. The molecule has 0 saturated carbocycles. The van der Waals surface area contributed by atoms with Gasteiger partial charge in [-0.05, 0) is 51.3 Å². The summed E-state index contributed by atoms with van der Waals surface area (Å²) in [4.78, 5) is 20.6. The number of benzene rings is 1. The van der Waals surface area contributed by atoms with Crippen LogP contribution in [-0.2, 0) is 11.2 Å². The van der Waals surface area contributed by atoms with Crippen LogP contribution in [0.2, 0.25) is 0 Å². The molecule has 0 unspecified atom stereocenters. The van der Waals surface area contributed by atoms with E-state index < -0.39 is 0 Å². The Morgan fingerprint density at radius 2 is 1.68 bits per heavy atom. The molecule has 1 aromatic rings. The summed E-state index contributed by atoms with van der Waals surface area (Å²) >= 11 is 0. The second-order valence-electron chi connectivity index (χ2n) is 6.67. The Bertz CT molecular complexity index is 571. The number of hydrogen-bond donors (Lipinski definition) is 2. The van der Waals surface area contributed by atoms with Gasteiger partial charge in [-0.2, -0.15) is 0 Å². The lowest BCUT2D eigenvalue weighted by molar-refractivity contribution is -0.130. The van der Waals surface area contributed by atoms with Gasteiger partial charge in [0.25, 0.3) is 0 Å². The van der Waals surface area contributed by atoms with E-state index in [1.165, 1.54) is 11.3 Å². The predicted molar refractivity (Wildman–Crippen MR) is 131 cm³/mol. The monoisotopic (exact) mass is 503 g/mol. The fourth-order valence-electron chi connectivity index (χ4n) is 2.80. The molecular formula is C21H38IN5O. The third-order valence-electron chi connectivity index (χ3n) is 4.44. The molecule has 160 valence electrons. The normalized spacial score (nSPS) is 10.8. The van der Waals surface area contributed by atoms with E-state index >= 15 is 0 Å². The molecule has 0 aliphatic carbocycles. The van der Waals surface area contributed by atoms with Crippen molar-refractivity contribution in [1.29, 1.82) is 0 Å². The smallest absolute Gasteiger partial charge is 0.224 e. The number of aryl methyl sites for hydroxylation is 1. The number of guanidine groups is 1. The summed E-state index contributed by atoms with van der Waals surface area (Å²) in [5, 5.41) is 6.50. The van der Waals surface area contributed by atoms with Gasteiger partial charge in [-0.25, -0.2) is 0 Å². The number of rotatable bonds is 11. The van der Waals surface area contributed by atoms with E-state index in [4.69, 9.17) is 0 Å². The Hall–Kier alpha value is -1.51. The van der Waals surface area contributed by atoms with Crippen molar-refractivity contribution in [3.63, 3.8) is 0 Å². The van der Waals surface area contributed by atoms with Crippen LogP contribution in [0, 0.1) is 0 Å². The topological polar surface area (TPSA) is 60.0 Å². The fourth-order valence-corrected chi connectivity index (χ4v) is 2.80. The molecule has 0 fully saturated rings. The lowest BCUT2D eigenvalue weighted by Gasteiger charge is -2.19. The number of nitrogens with zero attached hydrogens (tertiary/aromatic N) is 3. The van der Waals surface area contributed by atoms with E-state index in [1.54, 1.807) is 0 Å². The zero-order valence-electron chi connectivity index (χ0n) is 18.1. The summed E-state index contributed by atoms with van der Waals surface area (Å²) in [5.74, 6) is 0.970. The van der Waals surface area contributed by atoms with E-state index in [1.807, 2.05) is 25.7 Å². The summed E-state index contributed by atoms with van der Waals surface area (Å²) in [6.07, 6.45) is 2.50. The van der Waals surface area contributed by atoms with Crippen LogP contribution in [-0.4, -0.2) is 63.6 Å². The van der Waals surface area contributed by atoms with E-state index in [0.717, 1.165) is 45.0 Å². The highest BCUT2D eigenvalue weighted by Crippen LogP contribution is 2.13. The number of carbonyl (C=O) groups is 1. The van der Waals surface area contributed by atoms with Gasteiger partial charge in [0.15, 0.2) is 5.96 Å². The van der Waals surface area contributed by atoms with Gasteiger partial charge >= 0.3 is 0 Å². The number of anilines is 1. The number of nitrogens with one attached hydrogen (secondary N) is 2. The van der Waals surface area contributed by atoms with E-state index in [-0.39, 0.29) is 29.9 Å². The van der Waals surface area contributed by atoms with Gasteiger partial charge in [-0.3, -0.25) is 9.79 Å². The van der Waals surface area contributed by atoms with Crippen LogP contribution in [0.4, 0.5) is 5.69 Å². The Morgan fingerprint density at radius 3 is 2.21 bits per heavy atom. The molecule has 0 heterocycles. The lowest BCUT2D eigenvalue weighted by Crippen LogP contribution is -2.40. The number of amides is 1. The summed E-state index contributed by atoms with van der Waals surface area (Å²) in [6.45, 7) is 9.76. The molecule has 6 nitrogen and oxygen atoms in total. The SMILES string of the molecule is CCNC(=NCCCc1ccc(N(C)C)cc1)NCCC(=O)N(CC)CC.I. The zero-order chi connectivity index (χ0) is 20.1. The van der Waals surface area contributed by atoms with Crippen molar-refractivity contribution in [2.75, 3.05) is 51.7 Å². The fraction of sp³-hybridized carbons (Fsp3) is 0.619. The largest absolute Gasteiger partial charge is 0.378 e. The van der Waals surface area contributed by atoms with Gasteiger partial charge in [-0.15, -0.1) is 24.0 Å².